The van der Waals surface area contributed by atoms with E-state index in [0.717, 1.165) is 22.2 Å². The second-order valence-corrected chi connectivity index (χ2v) is 7.19. The molecule has 0 aliphatic carbocycles. The molecule has 0 aliphatic heterocycles. The lowest BCUT2D eigenvalue weighted by molar-refractivity contribution is -0.122. The van der Waals surface area contributed by atoms with Gasteiger partial charge in [0.05, 0.1) is 17.1 Å². The van der Waals surface area contributed by atoms with E-state index < -0.39 is 0 Å². The van der Waals surface area contributed by atoms with Crippen LogP contribution in [-0.2, 0) is 17.8 Å². The van der Waals surface area contributed by atoms with Crippen LogP contribution in [0.3, 0.4) is 0 Å². The summed E-state index contributed by atoms with van der Waals surface area (Å²) in [5, 5.41) is 8.82. The molecule has 1 N–H and O–H groups in total. The molecule has 0 saturated heterocycles. The maximum absolute atomic E-state index is 12.9. The van der Waals surface area contributed by atoms with Gasteiger partial charge in [-0.2, -0.15) is 5.10 Å². The number of benzene rings is 2. The van der Waals surface area contributed by atoms with Crippen molar-refractivity contribution in [2.75, 3.05) is 0 Å². The molecule has 2 aromatic heterocycles. The van der Waals surface area contributed by atoms with Crippen LogP contribution in [-0.4, -0.2) is 20.7 Å². The average Bonchev–Trinajstić information content (AvgIpc) is 2.78. The Kier molecular flexibility index (Phi) is 5.66. The predicted molar refractivity (Wildman–Crippen MR) is 116 cm³/mol. The second-order valence-electron chi connectivity index (χ2n) is 7.19. The van der Waals surface area contributed by atoms with E-state index in [1.807, 2.05) is 67.6 Å². The fraction of sp³-hybridized carbons (Fsp3) is 0.167. The lowest BCUT2D eigenvalue weighted by Gasteiger charge is -2.15. The summed E-state index contributed by atoms with van der Waals surface area (Å²) in [6.45, 7) is 1.78. The minimum Gasteiger partial charge on any atom is -0.348 e. The van der Waals surface area contributed by atoms with E-state index in [-0.39, 0.29) is 24.1 Å². The van der Waals surface area contributed by atoms with Crippen LogP contribution in [0.4, 0.5) is 0 Å². The summed E-state index contributed by atoms with van der Waals surface area (Å²) in [6.07, 6.45) is 4.02. The maximum atomic E-state index is 12.9. The van der Waals surface area contributed by atoms with E-state index in [1.54, 1.807) is 18.5 Å². The van der Waals surface area contributed by atoms with Gasteiger partial charge in [-0.25, -0.2) is 4.68 Å². The van der Waals surface area contributed by atoms with Gasteiger partial charge < -0.3 is 5.32 Å². The van der Waals surface area contributed by atoms with Crippen LogP contribution in [0.5, 0.6) is 0 Å². The molecule has 0 bridgehead atoms. The summed E-state index contributed by atoms with van der Waals surface area (Å²) in [5.74, 6) is -0.261. The number of hydrogen-bond donors (Lipinski definition) is 1. The first-order valence-corrected chi connectivity index (χ1v) is 9.84. The second kappa shape index (κ2) is 8.69. The van der Waals surface area contributed by atoms with Crippen molar-refractivity contribution in [2.45, 2.75) is 25.9 Å². The molecule has 0 fully saturated rings. The Labute approximate surface area is 174 Å². The fourth-order valence-corrected chi connectivity index (χ4v) is 3.49. The Bertz CT molecular complexity index is 1220. The topological polar surface area (TPSA) is 76.9 Å². The average molecular weight is 398 g/mol. The molecule has 6 nitrogen and oxygen atoms in total. The molecule has 0 aliphatic rings. The number of fused-ring (bicyclic) bond motifs is 1. The molecule has 0 radical (unpaired) electrons. The number of carbonyl (C=O) groups is 1. The Morgan fingerprint density at radius 1 is 1.00 bits per heavy atom. The molecule has 6 heteroatoms. The van der Waals surface area contributed by atoms with Gasteiger partial charge in [-0.05, 0) is 30.2 Å². The van der Waals surface area contributed by atoms with Crippen molar-refractivity contribution in [1.29, 1.82) is 0 Å². The molecule has 150 valence electrons. The molecule has 2 heterocycles. The van der Waals surface area contributed by atoms with Crippen molar-refractivity contribution in [1.82, 2.24) is 20.1 Å². The molecule has 1 atom stereocenters. The van der Waals surface area contributed by atoms with Gasteiger partial charge in [0.15, 0.2) is 0 Å². The molecular weight excluding hydrogens is 376 g/mol. The highest BCUT2D eigenvalue weighted by Gasteiger charge is 2.15. The Hall–Kier alpha value is -3.80. The third-order valence-electron chi connectivity index (χ3n) is 5.01. The summed E-state index contributed by atoms with van der Waals surface area (Å²) in [6, 6.07) is 20.7. The number of aromatic nitrogens is 3. The molecular formula is C24H22N4O2. The van der Waals surface area contributed by atoms with E-state index in [4.69, 9.17) is 0 Å². The zero-order valence-electron chi connectivity index (χ0n) is 16.7. The zero-order chi connectivity index (χ0) is 20.9. The Morgan fingerprint density at radius 3 is 2.47 bits per heavy atom. The molecule has 0 spiro atoms. The van der Waals surface area contributed by atoms with Gasteiger partial charge in [-0.15, -0.1) is 0 Å². The fourth-order valence-electron chi connectivity index (χ4n) is 3.49. The first-order chi connectivity index (χ1) is 14.6. The summed E-state index contributed by atoms with van der Waals surface area (Å²) in [4.78, 5) is 29.7. The Morgan fingerprint density at radius 2 is 1.73 bits per heavy atom. The number of carbonyl (C=O) groups excluding carboxylic acids is 1. The minimum atomic E-state index is -0.275. The van der Waals surface area contributed by atoms with Crippen LogP contribution in [0.2, 0.25) is 0 Å². The van der Waals surface area contributed by atoms with Crippen molar-refractivity contribution in [3.63, 3.8) is 0 Å². The monoisotopic (exact) mass is 398 g/mol. The summed E-state index contributed by atoms with van der Waals surface area (Å²) < 4.78 is 1.25. The largest absolute Gasteiger partial charge is 0.348 e. The molecule has 2 aromatic carbocycles. The highest BCUT2D eigenvalue weighted by molar-refractivity contribution is 5.84. The molecule has 1 amide bonds. The normalized spacial score (nSPS) is 11.9. The van der Waals surface area contributed by atoms with E-state index in [0.29, 0.717) is 11.8 Å². The van der Waals surface area contributed by atoms with Crippen LogP contribution >= 0.6 is 0 Å². The van der Waals surface area contributed by atoms with Crippen LogP contribution in [0, 0.1) is 0 Å². The lowest BCUT2D eigenvalue weighted by Crippen LogP contribution is -2.35. The van der Waals surface area contributed by atoms with Gasteiger partial charge in [0.25, 0.3) is 5.56 Å². The van der Waals surface area contributed by atoms with Gasteiger partial charge in [0.2, 0.25) is 5.91 Å². The number of nitrogens with one attached hydrogen (secondary N) is 1. The van der Waals surface area contributed by atoms with Gasteiger partial charge in [0.1, 0.15) is 6.54 Å². The molecule has 4 rings (SSSR count). The smallest absolute Gasteiger partial charge is 0.275 e. The standard InChI is InChI=1S/C24H22N4O2/c1-17(19-9-3-2-4-10-19)26-23(29)16-28-24(30)21-12-6-5-11-20(21)22(27-28)14-18-8-7-13-25-15-18/h2-13,15,17H,14,16H2,1H3,(H,26,29). The van der Waals surface area contributed by atoms with E-state index in [1.165, 1.54) is 4.68 Å². The van der Waals surface area contributed by atoms with E-state index in [2.05, 4.69) is 15.4 Å². The van der Waals surface area contributed by atoms with Crippen molar-refractivity contribution in [3.8, 4) is 0 Å². The van der Waals surface area contributed by atoms with Crippen LogP contribution in [0.15, 0.2) is 83.9 Å². The molecule has 1 unspecified atom stereocenters. The number of hydrogen-bond acceptors (Lipinski definition) is 4. The lowest BCUT2D eigenvalue weighted by atomic mass is 10.1. The maximum Gasteiger partial charge on any atom is 0.275 e. The number of amides is 1. The van der Waals surface area contributed by atoms with E-state index >= 15 is 0 Å². The van der Waals surface area contributed by atoms with Gasteiger partial charge >= 0.3 is 0 Å². The first-order valence-electron chi connectivity index (χ1n) is 9.84. The zero-order valence-corrected chi connectivity index (χ0v) is 16.7. The minimum absolute atomic E-state index is 0.138. The highest BCUT2D eigenvalue weighted by atomic mass is 16.2. The summed E-state index contributed by atoms with van der Waals surface area (Å²) in [5.41, 5.74) is 2.45. The molecule has 0 saturated carbocycles. The van der Waals surface area contributed by atoms with Crippen molar-refractivity contribution < 1.29 is 4.79 Å². The highest BCUT2D eigenvalue weighted by Crippen LogP contribution is 2.17. The first kappa shape index (κ1) is 19.5. The third kappa shape index (κ3) is 4.27. The Balaban J connectivity index is 1.63. The van der Waals surface area contributed by atoms with Crippen molar-refractivity contribution in [2.24, 2.45) is 0 Å². The quantitative estimate of drug-likeness (QED) is 0.541. The van der Waals surface area contributed by atoms with Crippen molar-refractivity contribution in [3.05, 3.63) is 106 Å². The van der Waals surface area contributed by atoms with Crippen LogP contribution < -0.4 is 10.9 Å². The predicted octanol–water partition coefficient (Wildman–Crippen LogP) is 3.26. The van der Waals surface area contributed by atoms with Crippen LogP contribution in [0.25, 0.3) is 10.8 Å². The summed E-state index contributed by atoms with van der Waals surface area (Å²) >= 11 is 0. The van der Waals surface area contributed by atoms with E-state index in [9.17, 15) is 9.59 Å². The van der Waals surface area contributed by atoms with Gasteiger partial charge in [0, 0.05) is 24.2 Å². The number of rotatable bonds is 6. The van der Waals surface area contributed by atoms with Crippen LogP contribution in [0.1, 0.15) is 29.8 Å². The van der Waals surface area contributed by atoms with Gasteiger partial charge in [-0.1, -0.05) is 54.6 Å². The SMILES string of the molecule is CC(NC(=O)Cn1nc(Cc2cccnc2)c2ccccc2c1=O)c1ccccc1. The number of pyridine rings is 1. The number of nitrogens with zero attached hydrogens (tertiary/aromatic N) is 3. The third-order valence-corrected chi connectivity index (χ3v) is 5.01. The molecule has 30 heavy (non-hydrogen) atoms. The molecule has 4 aromatic rings. The summed E-state index contributed by atoms with van der Waals surface area (Å²) in [7, 11) is 0. The van der Waals surface area contributed by atoms with Crippen molar-refractivity contribution >= 4 is 16.7 Å². The van der Waals surface area contributed by atoms with Gasteiger partial charge in [-0.3, -0.25) is 14.6 Å².